The summed E-state index contributed by atoms with van der Waals surface area (Å²) in [6.07, 6.45) is -0.698. The van der Waals surface area contributed by atoms with Crippen molar-refractivity contribution in [2.75, 3.05) is 14.2 Å². The molecule has 0 bridgehead atoms. The molecule has 1 atom stereocenters. The van der Waals surface area contributed by atoms with Gasteiger partial charge in [-0.1, -0.05) is 28.1 Å². The van der Waals surface area contributed by atoms with Crippen LogP contribution in [0.3, 0.4) is 0 Å². The molecule has 0 saturated carbocycles. The van der Waals surface area contributed by atoms with Gasteiger partial charge in [-0.25, -0.2) is 0 Å². The Hall–Kier alpha value is -1.52. The monoisotopic (exact) mass is 350 g/mol. The molecule has 0 aliphatic rings. The van der Waals surface area contributed by atoms with Crippen LogP contribution in [0.2, 0.25) is 0 Å². The molecule has 0 fully saturated rings. The number of aliphatic hydroxyl groups is 1. The van der Waals surface area contributed by atoms with E-state index in [1.807, 2.05) is 44.2 Å². The first-order chi connectivity index (χ1) is 9.97. The van der Waals surface area contributed by atoms with Gasteiger partial charge in [0.25, 0.3) is 0 Å². The molecule has 21 heavy (non-hydrogen) atoms. The second kappa shape index (κ2) is 6.50. The number of ether oxygens (including phenoxy) is 2. The summed E-state index contributed by atoms with van der Waals surface area (Å²) >= 11 is 3.47. The van der Waals surface area contributed by atoms with Crippen molar-refractivity contribution in [3.05, 3.63) is 57.1 Å². The van der Waals surface area contributed by atoms with Crippen molar-refractivity contribution in [1.29, 1.82) is 0 Å². The third kappa shape index (κ3) is 3.22. The van der Waals surface area contributed by atoms with Gasteiger partial charge in [0.05, 0.1) is 14.2 Å². The van der Waals surface area contributed by atoms with Crippen molar-refractivity contribution < 1.29 is 14.6 Å². The average Bonchev–Trinajstić information content (AvgIpc) is 2.49. The van der Waals surface area contributed by atoms with Crippen molar-refractivity contribution in [1.82, 2.24) is 0 Å². The molecule has 1 N–H and O–H groups in total. The smallest absolute Gasteiger partial charge is 0.161 e. The van der Waals surface area contributed by atoms with Crippen LogP contribution in [0.15, 0.2) is 34.8 Å². The summed E-state index contributed by atoms with van der Waals surface area (Å²) < 4.78 is 11.6. The highest BCUT2D eigenvalue weighted by Crippen LogP contribution is 2.35. The van der Waals surface area contributed by atoms with E-state index in [1.165, 1.54) is 0 Å². The number of methoxy groups -OCH3 is 2. The Labute approximate surface area is 133 Å². The summed E-state index contributed by atoms with van der Waals surface area (Å²) in [6.45, 7) is 3.95. The highest BCUT2D eigenvalue weighted by Gasteiger charge is 2.17. The topological polar surface area (TPSA) is 38.7 Å². The Morgan fingerprint density at radius 3 is 2.14 bits per heavy atom. The molecule has 0 radical (unpaired) electrons. The van der Waals surface area contributed by atoms with Gasteiger partial charge in [-0.2, -0.15) is 0 Å². The normalized spacial score (nSPS) is 12.1. The van der Waals surface area contributed by atoms with E-state index in [1.54, 1.807) is 14.2 Å². The Balaban J connectivity index is 2.47. The quantitative estimate of drug-likeness (QED) is 0.899. The molecule has 0 amide bonds. The van der Waals surface area contributed by atoms with Gasteiger partial charge in [-0.3, -0.25) is 0 Å². The third-order valence-corrected chi connectivity index (χ3v) is 4.45. The molecule has 2 rings (SSSR count). The predicted octanol–water partition coefficient (Wildman–Crippen LogP) is 4.16. The molecular formula is C17H19BrO3. The number of halogens is 1. The predicted molar refractivity (Wildman–Crippen MR) is 87.2 cm³/mol. The van der Waals surface area contributed by atoms with Crippen LogP contribution >= 0.6 is 15.9 Å². The summed E-state index contributed by atoms with van der Waals surface area (Å²) in [5, 5.41) is 10.7. The van der Waals surface area contributed by atoms with Gasteiger partial charge in [0.15, 0.2) is 11.5 Å². The number of rotatable bonds is 4. The average molecular weight is 351 g/mol. The first-order valence-electron chi connectivity index (χ1n) is 6.64. The lowest BCUT2D eigenvalue weighted by Gasteiger charge is -2.18. The molecule has 3 nitrogen and oxygen atoms in total. The second-order valence-corrected chi connectivity index (χ2v) is 5.83. The number of aliphatic hydroxyl groups excluding tert-OH is 1. The molecule has 0 spiro atoms. The van der Waals surface area contributed by atoms with Crippen molar-refractivity contribution in [3.63, 3.8) is 0 Å². The van der Waals surface area contributed by atoms with Crippen molar-refractivity contribution in [3.8, 4) is 11.5 Å². The fraction of sp³-hybridized carbons (Fsp3) is 0.294. The molecule has 2 aromatic carbocycles. The Morgan fingerprint density at radius 1 is 0.952 bits per heavy atom. The van der Waals surface area contributed by atoms with Crippen LogP contribution in [0.4, 0.5) is 0 Å². The largest absolute Gasteiger partial charge is 0.493 e. The molecule has 1 unspecified atom stereocenters. The van der Waals surface area contributed by atoms with Gasteiger partial charge >= 0.3 is 0 Å². The fourth-order valence-corrected chi connectivity index (χ4v) is 2.56. The molecule has 112 valence electrons. The van der Waals surface area contributed by atoms with Gasteiger partial charge in [0, 0.05) is 4.47 Å². The molecule has 0 saturated heterocycles. The Morgan fingerprint density at radius 2 is 1.57 bits per heavy atom. The molecule has 0 aromatic heterocycles. The third-order valence-electron chi connectivity index (χ3n) is 3.56. The van der Waals surface area contributed by atoms with Crippen LogP contribution in [0, 0.1) is 13.8 Å². The highest BCUT2D eigenvalue weighted by molar-refractivity contribution is 9.10. The maximum atomic E-state index is 10.7. The zero-order valence-corrected chi connectivity index (χ0v) is 14.2. The summed E-state index contributed by atoms with van der Waals surface area (Å²) in [5.41, 5.74) is 3.71. The lowest BCUT2D eigenvalue weighted by molar-refractivity contribution is 0.218. The fourth-order valence-electron chi connectivity index (χ4n) is 2.31. The van der Waals surface area contributed by atoms with E-state index in [0.29, 0.717) is 11.5 Å². The minimum Gasteiger partial charge on any atom is -0.493 e. The van der Waals surface area contributed by atoms with E-state index in [-0.39, 0.29) is 0 Å². The van der Waals surface area contributed by atoms with Crippen molar-refractivity contribution in [2.45, 2.75) is 20.0 Å². The van der Waals surface area contributed by atoms with Gasteiger partial charge in [-0.15, -0.1) is 0 Å². The SMILES string of the molecule is COc1cc(C)c(C(O)c2ccc(Br)c(C)c2)cc1OC. The first-order valence-corrected chi connectivity index (χ1v) is 7.44. The lowest BCUT2D eigenvalue weighted by Crippen LogP contribution is -2.04. The second-order valence-electron chi connectivity index (χ2n) is 4.97. The summed E-state index contributed by atoms with van der Waals surface area (Å²) in [6, 6.07) is 9.55. The number of benzene rings is 2. The van der Waals surface area contributed by atoms with E-state index in [9.17, 15) is 5.11 Å². The minimum absolute atomic E-state index is 0.617. The van der Waals surface area contributed by atoms with Crippen LogP contribution in [0.1, 0.15) is 28.4 Å². The van der Waals surface area contributed by atoms with Crippen molar-refractivity contribution >= 4 is 15.9 Å². The van der Waals surface area contributed by atoms with Crippen LogP contribution in [0.5, 0.6) is 11.5 Å². The molecule has 0 heterocycles. The molecule has 4 heteroatoms. The van der Waals surface area contributed by atoms with Gasteiger partial charge in [0.1, 0.15) is 6.10 Å². The maximum Gasteiger partial charge on any atom is 0.161 e. The minimum atomic E-state index is -0.698. The Bertz CT molecular complexity index is 653. The number of hydrogen-bond donors (Lipinski definition) is 1. The Kier molecular flexibility index (Phi) is 4.91. The summed E-state index contributed by atoms with van der Waals surface area (Å²) in [5.74, 6) is 1.28. The van der Waals surface area contributed by atoms with E-state index in [4.69, 9.17) is 9.47 Å². The summed E-state index contributed by atoms with van der Waals surface area (Å²) in [7, 11) is 3.19. The zero-order chi connectivity index (χ0) is 15.6. The molecule has 0 aliphatic heterocycles. The molecule has 0 aliphatic carbocycles. The van der Waals surface area contributed by atoms with Gasteiger partial charge in [0.2, 0.25) is 0 Å². The van der Waals surface area contributed by atoms with Gasteiger partial charge in [-0.05, 0) is 54.3 Å². The van der Waals surface area contributed by atoms with Gasteiger partial charge < -0.3 is 14.6 Å². The van der Waals surface area contributed by atoms with Crippen LogP contribution in [-0.4, -0.2) is 19.3 Å². The van der Waals surface area contributed by atoms with Crippen LogP contribution in [-0.2, 0) is 0 Å². The number of aryl methyl sites for hydroxylation is 2. The van der Waals surface area contributed by atoms with Crippen LogP contribution < -0.4 is 9.47 Å². The van der Waals surface area contributed by atoms with E-state index in [2.05, 4.69) is 15.9 Å². The zero-order valence-electron chi connectivity index (χ0n) is 12.6. The molecule has 2 aromatic rings. The highest BCUT2D eigenvalue weighted by atomic mass is 79.9. The number of hydrogen-bond acceptors (Lipinski definition) is 3. The van der Waals surface area contributed by atoms with E-state index >= 15 is 0 Å². The molecular weight excluding hydrogens is 332 g/mol. The van der Waals surface area contributed by atoms with E-state index in [0.717, 1.165) is 26.7 Å². The van der Waals surface area contributed by atoms with Crippen molar-refractivity contribution in [2.24, 2.45) is 0 Å². The van der Waals surface area contributed by atoms with Crippen LogP contribution in [0.25, 0.3) is 0 Å². The lowest BCUT2D eigenvalue weighted by atomic mass is 9.96. The van der Waals surface area contributed by atoms with E-state index < -0.39 is 6.10 Å². The maximum absolute atomic E-state index is 10.7. The standard InChI is InChI=1S/C17H19BrO3/c1-10-8-15(20-3)16(21-4)9-13(10)17(19)12-5-6-14(18)11(2)7-12/h5-9,17,19H,1-4H3. The summed E-state index contributed by atoms with van der Waals surface area (Å²) in [4.78, 5) is 0. The first kappa shape index (κ1) is 15.9.